The quantitative estimate of drug-likeness (QED) is 0.577. The Kier molecular flexibility index (Phi) is 3.71. The number of unbranched alkanes of at least 4 members (excludes halogenated alkanes) is 1. The van der Waals surface area contributed by atoms with E-state index < -0.39 is 0 Å². The zero-order chi connectivity index (χ0) is 7.33. The Bertz CT molecular complexity index is 67.0. The summed E-state index contributed by atoms with van der Waals surface area (Å²) in [7, 11) is 0. The van der Waals surface area contributed by atoms with Gasteiger partial charge in [0.15, 0.2) is 0 Å². The fourth-order valence-electron chi connectivity index (χ4n) is 0.706. The van der Waals surface area contributed by atoms with Crippen LogP contribution in [0.5, 0.6) is 0 Å². The van der Waals surface area contributed by atoms with Gasteiger partial charge in [-0.2, -0.15) is 0 Å². The molecule has 1 unspecified atom stereocenters. The van der Waals surface area contributed by atoms with Gasteiger partial charge in [-0.15, -0.1) is 0 Å². The van der Waals surface area contributed by atoms with Gasteiger partial charge in [0.1, 0.15) is 0 Å². The van der Waals surface area contributed by atoms with Gasteiger partial charge in [0.05, 0.1) is 13.3 Å². The van der Waals surface area contributed by atoms with E-state index in [1.165, 1.54) is 0 Å². The lowest BCUT2D eigenvalue weighted by atomic mass is 9.94. The average Bonchev–Trinajstić information content (AvgIpc) is 1.84. The summed E-state index contributed by atoms with van der Waals surface area (Å²) in [6, 6.07) is 0. The molecule has 2 N–H and O–H groups in total. The van der Waals surface area contributed by atoms with Gasteiger partial charge in [-0.3, -0.25) is 0 Å². The largest absolute Gasteiger partial charge is 0.325 e. The monoisotopic (exact) mass is 128 g/mol. The molecule has 0 saturated carbocycles. The number of hydrogen-bond acceptors (Lipinski definition) is 1. The van der Waals surface area contributed by atoms with E-state index in [4.69, 9.17) is 5.73 Å². The predicted molar refractivity (Wildman–Crippen MR) is 42.1 cm³/mol. The number of nitrogens with two attached hydrogens (primary N) is 1. The van der Waals surface area contributed by atoms with Crippen molar-refractivity contribution in [1.82, 2.24) is 0 Å². The highest BCUT2D eigenvalue weighted by Crippen LogP contribution is 2.13. The van der Waals surface area contributed by atoms with Crippen LogP contribution in [0.4, 0.5) is 0 Å². The third-order valence-electron chi connectivity index (χ3n) is 1.81. The van der Waals surface area contributed by atoms with Crippen LogP contribution in [0.25, 0.3) is 0 Å². The second kappa shape index (κ2) is 3.78. The van der Waals surface area contributed by atoms with Gasteiger partial charge in [0.2, 0.25) is 0 Å². The highest BCUT2D eigenvalue weighted by molar-refractivity contribution is 4.75. The van der Waals surface area contributed by atoms with Crippen molar-refractivity contribution < 1.29 is 0 Å². The summed E-state index contributed by atoms with van der Waals surface area (Å²) in [5.41, 5.74) is 5.93. The molecule has 0 bridgehead atoms. The standard InChI is InChI=1S/C8H18N/c1-4-6-7-8(3,9)5-2/h1,4-7,9H2,2-3H3/q+1. The fraction of sp³-hybridized carbons (Fsp3) is 0.875. The Balaban J connectivity index is 3.33. The van der Waals surface area contributed by atoms with Crippen molar-refractivity contribution in [3.63, 3.8) is 0 Å². The molecule has 0 rings (SSSR count). The minimum Gasteiger partial charge on any atom is -0.325 e. The second-order valence-electron chi connectivity index (χ2n) is 2.96. The molecule has 0 spiro atoms. The predicted octanol–water partition coefficient (Wildman–Crippen LogP) is 2.12. The van der Waals surface area contributed by atoms with Gasteiger partial charge in [0.25, 0.3) is 0 Å². The Morgan fingerprint density at radius 2 is 2.11 bits per heavy atom. The van der Waals surface area contributed by atoms with E-state index in [0.29, 0.717) is 0 Å². The lowest BCUT2D eigenvalue weighted by Gasteiger charge is -2.21. The molecule has 0 heterocycles. The topological polar surface area (TPSA) is 26.0 Å². The maximum absolute atomic E-state index is 5.87. The summed E-state index contributed by atoms with van der Waals surface area (Å²) in [4.78, 5) is 0. The molecule has 1 nitrogen and oxygen atoms in total. The van der Waals surface area contributed by atoms with Gasteiger partial charge in [-0.25, -0.2) is 0 Å². The maximum atomic E-state index is 5.87. The van der Waals surface area contributed by atoms with Crippen molar-refractivity contribution in [2.45, 2.75) is 45.1 Å². The Labute approximate surface area is 58.6 Å². The molecular weight excluding hydrogens is 110 g/mol. The van der Waals surface area contributed by atoms with Crippen LogP contribution in [0.15, 0.2) is 0 Å². The minimum atomic E-state index is 0.0533. The van der Waals surface area contributed by atoms with E-state index in [1.54, 1.807) is 0 Å². The SMILES string of the molecule is [CH2+]CCCC(C)(N)CC. The molecule has 0 aromatic heterocycles. The van der Waals surface area contributed by atoms with Gasteiger partial charge < -0.3 is 5.73 Å². The van der Waals surface area contributed by atoms with E-state index in [1.807, 2.05) is 0 Å². The van der Waals surface area contributed by atoms with Gasteiger partial charge in [-0.05, 0) is 26.2 Å². The van der Waals surface area contributed by atoms with Crippen molar-refractivity contribution >= 4 is 0 Å². The third-order valence-corrected chi connectivity index (χ3v) is 1.81. The summed E-state index contributed by atoms with van der Waals surface area (Å²) in [5, 5.41) is 0. The van der Waals surface area contributed by atoms with Crippen molar-refractivity contribution in [3.8, 4) is 0 Å². The molecule has 0 radical (unpaired) electrons. The van der Waals surface area contributed by atoms with Crippen LogP contribution in [0.1, 0.15) is 39.5 Å². The Hall–Kier alpha value is -0.170. The zero-order valence-electron chi connectivity index (χ0n) is 6.61. The van der Waals surface area contributed by atoms with Crippen molar-refractivity contribution in [2.24, 2.45) is 5.73 Å². The molecule has 54 valence electrons. The zero-order valence-corrected chi connectivity index (χ0v) is 6.61. The fourth-order valence-corrected chi connectivity index (χ4v) is 0.706. The van der Waals surface area contributed by atoms with Crippen molar-refractivity contribution in [2.75, 3.05) is 0 Å². The normalized spacial score (nSPS) is 17.2. The molecule has 0 aliphatic rings. The minimum absolute atomic E-state index is 0.0533. The van der Waals surface area contributed by atoms with Gasteiger partial charge in [-0.1, -0.05) is 6.92 Å². The Morgan fingerprint density at radius 1 is 1.56 bits per heavy atom. The van der Waals surface area contributed by atoms with Gasteiger partial charge >= 0.3 is 0 Å². The van der Waals surface area contributed by atoms with E-state index >= 15 is 0 Å². The number of rotatable bonds is 4. The molecule has 0 saturated heterocycles. The van der Waals surface area contributed by atoms with Crippen LogP contribution in [0.3, 0.4) is 0 Å². The van der Waals surface area contributed by atoms with Crippen molar-refractivity contribution in [1.29, 1.82) is 0 Å². The number of hydrogen-bond donors (Lipinski definition) is 1. The molecule has 0 aromatic rings. The average molecular weight is 128 g/mol. The van der Waals surface area contributed by atoms with E-state index in [9.17, 15) is 0 Å². The third kappa shape index (κ3) is 4.34. The van der Waals surface area contributed by atoms with Crippen LogP contribution in [-0.2, 0) is 0 Å². The molecular formula is C8H18N+. The summed E-state index contributed by atoms with van der Waals surface area (Å²) in [6.45, 7) is 8.00. The second-order valence-corrected chi connectivity index (χ2v) is 2.96. The molecule has 0 amide bonds. The van der Waals surface area contributed by atoms with E-state index in [2.05, 4.69) is 20.8 Å². The Morgan fingerprint density at radius 3 is 2.44 bits per heavy atom. The molecule has 0 aliphatic carbocycles. The molecule has 0 aliphatic heterocycles. The highest BCUT2D eigenvalue weighted by Gasteiger charge is 2.13. The summed E-state index contributed by atoms with van der Waals surface area (Å²) in [6.07, 6.45) is 4.33. The van der Waals surface area contributed by atoms with Crippen LogP contribution in [0.2, 0.25) is 0 Å². The van der Waals surface area contributed by atoms with Crippen molar-refractivity contribution in [3.05, 3.63) is 6.92 Å². The first-order chi connectivity index (χ1) is 4.12. The highest BCUT2D eigenvalue weighted by atomic mass is 14.7. The van der Waals surface area contributed by atoms with E-state index in [-0.39, 0.29) is 5.54 Å². The first-order valence-electron chi connectivity index (χ1n) is 3.70. The first kappa shape index (κ1) is 8.83. The summed E-state index contributed by atoms with van der Waals surface area (Å²) in [5.74, 6) is 0. The van der Waals surface area contributed by atoms with E-state index in [0.717, 1.165) is 25.7 Å². The van der Waals surface area contributed by atoms with Crippen LogP contribution in [-0.4, -0.2) is 5.54 Å². The molecule has 9 heavy (non-hydrogen) atoms. The molecule has 0 aromatic carbocycles. The summed E-state index contributed by atoms with van der Waals surface area (Å²) < 4.78 is 0. The van der Waals surface area contributed by atoms with Crippen LogP contribution < -0.4 is 5.73 Å². The lowest BCUT2D eigenvalue weighted by Crippen LogP contribution is -2.34. The summed E-state index contributed by atoms with van der Waals surface area (Å²) >= 11 is 0. The lowest BCUT2D eigenvalue weighted by molar-refractivity contribution is 0.407. The smallest absolute Gasteiger partial charge is 0.0851 e. The first-order valence-corrected chi connectivity index (χ1v) is 3.70. The molecule has 1 heteroatoms. The van der Waals surface area contributed by atoms with Crippen LogP contribution in [0, 0.1) is 6.92 Å². The van der Waals surface area contributed by atoms with Gasteiger partial charge in [0, 0.05) is 5.54 Å². The molecule has 1 atom stereocenters. The van der Waals surface area contributed by atoms with Crippen LogP contribution >= 0.6 is 0 Å². The molecule has 0 fully saturated rings. The maximum Gasteiger partial charge on any atom is 0.0851 e.